The third-order valence-electron chi connectivity index (χ3n) is 6.88. The standard InChI is InChI=1S/C34H38FNO3/c1-6-38-30-12-9-11-25(20-30)23(4)36-24(5)29-19-26-10-7-8-13-31(26)32(21-29)27-14-16-33(35)28(18-27)15-17-34(37)39-22(2)3/h7-14,16,18-24,36H,6,15,17H2,1-5H3/t23-,24?/m1/s1. The molecule has 0 aromatic heterocycles. The Labute approximate surface area is 231 Å². The van der Waals surface area contributed by atoms with Gasteiger partial charge in [-0.25, -0.2) is 4.39 Å². The van der Waals surface area contributed by atoms with Gasteiger partial charge in [-0.1, -0.05) is 42.5 Å². The molecule has 0 aliphatic carbocycles. The van der Waals surface area contributed by atoms with Crippen molar-refractivity contribution < 1.29 is 18.7 Å². The minimum absolute atomic E-state index is 0.0600. The zero-order valence-electron chi connectivity index (χ0n) is 23.5. The molecule has 0 heterocycles. The average Bonchev–Trinajstić information content (AvgIpc) is 2.92. The van der Waals surface area contributed by atoms with Crippen molar-refractivity contribution in [3.05, 3.63) is 101 Å². The molecule has 0 bridgehead atoms. The van der Waals surface area contributed by atoms with Crippen LogP contribution in [0.15, 0.2) is 78.9 Å². The number of carbonyl (C=O) groups excluding carboxylic acids is 1. The maximum atomic E-state index is 14.7. The summed E-state index contributed by atoms with van der Waals surface area (Å²) in [7, 11) is 0. The zero-order chi connectivity index (χ0) is 27.9. The number of hydrogen-bond donors (Lipinski definition) is 1. The van der Waals surface area contributed by atoms with Gasteiger partial charge in [-0.3, -0.25) is 4.79 Å². The van der Waals surface area contributed by atoms with E-state index in [-0.39, 0.29) is 36.4 Å². The maximum Gasteiger partial charge on any atom is 0.306 e. The summed E-state index contributed by atoms with van der Waals surface area (Å²) in [4.78, 5) is 12.1. The maximum absolute atomic E-state index is 14.7. The Hall–Kier alpha value is -3.70. The fourth-order valence-electron chi connectivity index (χ4n) is 4.92. The minimum Gasteiger partial charge on any atom is -0.494 e. The lowest BCUT2D eigenvalue weighted by atomic mass is 9.92. The van der Waals surface area contributed by atoms with Gasteiger partial charge >= 0.3 is 5.97 Å². The lowest BCUT2D eigenvalue weighted by molar-refractivity contribution is -0.147. The lowest BCUT2D eigenvalue weighted by Gasteiger charge is -2.23. The molecule has 0 spiro atoms. The first-order valence-corrected chi connectivity index (χ1v) is 13.7. The van der Waals surface area contributed by atoms with Gasteiger partial charge in [0.05, 0.1) is 12.7 Å². The molecule has 4 aromatic rings. The number of halogens is 1. The summed E-state index contributed by atoms with van der Waals surface area (Å²) in [5, 5.41) is 5.95. The van der Waals surface area contributed by atoms with E-state index in [4.69, 9.17) is 9.47 Å². The number of esters is 1. The van der Waals surface area contributed by atoms with Crippen molar-refractivity contribution in [3.8, 4) is 16.9 Å². The predicted molar refractivity (Wildman–Crippen MR) is 156 cm³/mol. The van der Waals surface area contributed by atoms with Crippen LogP contribution < -0.4 is 10.1 Å². The molecular weight excluding hydrogens is 489 g/mol. The Kier molecular flexibility index (Phi) is 9.36. The van der Waals surface area contributed by atoms with Crippen LogP contribution in [-0.2, 0) is 16.0 Å². The fraction of sp³-hybridized carbons (Fsp3) is 0.324. The highest BCUT2D eigenvalue weighted by molar-refractivity contribution is 5.97. The van der Waals surface area contributed by atoms with Gasteiger partial charge in [0, 0.05) is 18.5 Å². The van der Waals surface area contributed by atoms with E-state index < -0.39 is 0 Å². The highest BCUT2D eigenvalue weighted by Crippen LogP contribution is 2.34. The first-order chi connectivity index (χ1) is 18.7. The molecule has 0 amide bonds. The number of carbonyl (C=O) groups is 1. The molecule has 4 aromatic carbocycles. The molecule has 0 saturated carbocycles. The van der Waals surface area contributed by atoms with Gasteiger partial charge in [0.1, 0.15) is 11.6 Å². The van der Waals surface area contributed by atoms with Gasteiger partial charge < -0.3 is 14.8 Å². The van der Waals surface area contributed by atoms with Crippen LogP contribution in [0.1, 0.15) is 69.8 Å². The lowest BCUT2D eigenvalue weighted by Crippen LogP contribution is -2.22. The van der Waals surface area contributed by atoms with Crippen molar-refractivity contribution in [2.75, 3.05) is 6.61 Å². The molecule has 0 saturated heterocycles. The SMILES string of the molecule is CCOc1cccc([C@@H](C)NC(C)c2cc(-c3ccc(F)c(CCC(=O)OC(C)C)c3)c3ccccc3c2)c1. The van der Waals surface area contributed by atoms with Crippen LogP contribution in [0.4, 0.5) is 4.39 Å². The van der Waals surface area contributed by atoms with Gasteiger partial charge in [0.2, 0.25) is 0 Å². The summed E-state index contributed by atoms with van der Waals surface area (Å²) in [6, 6.07) is 26.2. The third-order valence-corrected chi connectivity index (χ3v) is 6.88. The molecule has 0 fully saturated rings. The van der Waals surface area contributed by atoms with E-state index >= 15 is 0 Å². The largest absolute Gasteiger partial charge is 0.494 e. The highest BCUT2D eigenvalue weighted by Gasteiger charge is 2.16. The van der Waals surface area contributed by atoms with Crippen LogP contribution >= 0.6 is 0 Å². The molecule has 1 N–H and O–H groups in total. The van der Waals surface area contributed by atoms with Crippen LogP contribution in [0.2, 0.25) is 0 Å². The van der Waals surface area contributed by atoms with E-state index in [0.717, 1.165) is 38.8 Å². The van der Waals surface area contributed by atoms with Crippen molar-refractivity contribution in [1.29, 1.82) is 0 Å². The summed E-state index contributed by atoms with van der Waals surface area (Å²) in [5.41, 5.74) is 4.77. The number of benzene rings is 4. The summed E-state index contributed by atoms with van der Waals surface area (Å²) in [6.45, 7) is 10.6. The van der Waals surface area contributed by atoms with Crippen LogP contribution in [0.25, 0.3) is 21.9 Å². The van der Waals surface area contributed by atoms with E-state index in [1.54, 1.807) is 0 Å². The molecule has 0 radical (unpaired) electrons. The van der Waals surface area contributed by atoms with Crippen molar-refractivity contribution in [3.63, 3.8) is 0 Å². The average molecular weight is 528 g/mol. The van der Waals surface area contributed by atoms with Crippen LogP contribution in [0.3, 0.4) is 0 Å². The van der Waals surface area contributed by atoms with Gasteiger partial charge in [-0.15, -0.1) is 0 Å². The second kappa shape index (κ2) is 12.9. The summed E-state index contributed by atoms with van der Waals surface area (Å²) in [5.74, 6) is 0.242. The minimum atomic E-state index is -0.317. The number of ether oxygens (including phenoxy) is 2. The second-order valence-electron chi connectivity index (χ2n) is 10.2. The first-order valence-electron chi connectivity index (χ1n) is 13.7. The Morgan fingerprint density at radius 3 is 2.41 bits per heavy atom. The van der Waals surface area contributed by atoms with Crippen molar-refractivity contribution in [1.82, 2.24) is 5.32 Å². The number of rotatable bonds is 11. The first kappa shape index (κ1) is 28.3. The predicted octanol–water partition coefficient (Wildman–Crippen LogP) is 8.34. The van der Waals surface area contributed by atoms with Crippen molar-refractivity contribution in [2.24, 2.45) is 0 Å². The van der Waals surface area contributed by atoms with E-state index in [9.17, 15) is 9.18 Å². The molecule has 204 valence electrons. The van der Waals surface area contributed by atoms with Gasteiger partial charge in [-0.2, -0.15) is 0 Å². The summed E-state index contributed by atoms with van der Waals surface area (Å²) >= 11 is 0. The number of fused-ring (bicyclic) bond motifs is 1. The summed E-state index contributed by atoms with van der Waals surface area (Å²) in [6.07, 6.45) is 0.247. The molecule has 4 rings (SSSR count). The number of aryl methyl sites for hydroxylation is 1. The monoisotopic (exact) mass is 527 g/mol. The number of nitrogens with one attached hydrogen (secondary N) is 1. The Bertz CT molecular complexity index is 1430. The summed E-state index contributed by atoms with van der Waals surface area (Å²) < 4.78 is 25.6. The molecule has 0 aliphatic heterocycles. The van der Waals surface area contributed by atoms with Crippen molar-refractivity contribution >= 4 is 16.7 Å². The molecule has 4 nitrogen and oxygen atoms in total. The van der Waals surface area contributed by atoms with Crippen LogP contribution in [0.5, 0.6) is 5.75 Å². The zero-order valence-corrected chi connectivity index (χ0v) is 23.5. The number of hydrogen-bond acceptors (Lipinski definition) is 4. The molecule has 2 atom stereocenters. The quantitative estimate of drug-likeness (QED) is 0.199. The second-order valence-corrected chi connectivity index (χ2v) is 10.2. The Morgan fingerprint density at radius 1 is 0.872 bits per heavy atom. The van der Waals surface area contributed by atoms with E-state index in [2.05, 4.69) is 55.6 Å². The molecule has 1 unspecified atom stereocenters. The van der Waals surface area contributed by atoms with E-state index in [0.29, 0.717) is 18.6 Å². The smallest absolute Gasteiger partial charge is 0.306 e. The fourth-order valence-corrected chi connectivity index (χ4v) is 4.92. The topological polar surface area (TPSA) is 47.6 Å². The normalized spacial score (nSPS) is 12.9. The molecular formula is C34H38FNO3. The third kappa shape index (κ3) is 7.24. The van der Waals surface area contributed by atoms with Gasteiger partial charge in [-0.05, 0) is 116 Å². The van der Waals surface area contributed by atoms with E-state index in [1.165, 1.54) is 6.07 Å². The van der Waals surface area contributed by atoms with Crippen LogP contribution in [0, 0.1) is 5.82 Å². The van der Waals surface area contributed by atoms with E-state index in [1.807, 2.05) is 57.2 Å². The Balaban J connectivity index is 1.63. The van der Waals surface area contributed by atoms with Crippen LogP contribution in [-0.4, -0.2) is 18.7 Å². The molecule has 5 heteroatoms. The Morgan fingerprint density at radius 2 is 1.64 bits per heavy atom. The molecule has 0 aliphatic rings. The molecule has 39 heavy (non-hydrogen) atoms. The highest BCUT2D eigenvalue weighted by atomic mass is 19.1. The van der Waals surface area contributed by atoms with Crippen molar-refractivity contribution in [2.45, 2.75) is 65.6 Å². The van der Waals surface area contributed by atoms with Gasteiger partial charge in [0.25, 0.3) is 0 Å². The van der Waals surface area contributed by atoms with Gasteiger partial charge in [0.15, 0.2) is 0 Å².